The maximum absolute atomic E-state index is 12.0. The Labute approximate surface area is 144 Å². The molecule has 6 heteroatoms. The van der Waals surface area contributed by atoms with Crippen LogP contribution in [0, 0.1) is 0 Å². The number of fused-ring (bicyclic) bond motifs is 1. The highest BCUT2D eigenvalue weighted by atomic mass is 16.5. The van der Waals surface area contributed by atoms with Crippen LogP contribution in [-0.4, -0.2) is 29.5 Å². The van der Waals surface area contributed by atoms with Gasteiger partial charge in [0, 0.05) is 13.0 Å². The second-order valence-corrected chi connectivity index (χ2v) is 5.65. The number of methoxy groups -OCH3 is 1. The van der Waals surface area contributed by atoms with E-state index in [2.05, 4.69) is 15.3 Å². The van der Waals surface area contributed by atoms with Gasteiger partial charge >= 0.3 is 0 Å². The van der Waals surface area contributed by atoms with E-state index in [1.807, 2.05) is 30.3 Å². The molecule has 3 rings (SSSR count). The summed E-state index contributed by atoms with van der Waals surface area (Å²) in [4.78, 5) is 31.2. The Bertz CT molecular complexity index is 933. The van der Waals surface area contributed by atoms with Crippen molar-refractivity contribution in [2.45, 2.75) is 12.8 Å². The van der Waals surface area contributed by atoms with Gasteiger partial charge in [0.1, 0.15) is 11.6 Å². The summed E-state index contributed by atoms with van der Waals surface area (Å²) in [5.41, 5.74) is 1.41. The van der Waals surface area contributed by atoms with Crippen LogP contribution in [0.25, 0.3) is 10.9 Å². The van der Waals surface area contributed by atoms with Crippen LogP contribution in [0.15, 0.2) is 53.3 Å². The molecule has 2 aromatic carbocycles. The summed E-state index contributed by atoms with van der Waals surface area (Å²) in [6.07, 6.45) is 0.764. The van der Waals surface area contributed by atoms with Gasteiger partial charge in [-0.1, -0.05) is 24.3 Å². The highest BCUT2D eigenvalue weighted by molar-refractivity contribution is 5.78. The monoisotopic (exact) mass is 337 g/mol. The van der Waals surface area contributed by atoms with Crippen molar-refractivity contribution >= 4 is 16.8 Å². The van der Waals surface area contributed by atoms with Gasteiger partial charge in [-0.2, -0.15) is 0 Å². The van der Waals surface area contributed by atoms with Crippen LogP contribution in [0.4, 0.5) is 0 Å². The zero-order valence-corrected chi connectivity index (χ0v) is 13.9. The van der Waals surface area contributed by atoms with E-state index in [1.54, 1.807) is 25.3 Å². The topological polar surface area (TPSA) is 84.1 Å². The molecule has 0 unspecified atom stereocenters. The molecule has 128 valence electrons. The maximum Gasteiger partial charge on any atom is 0.258 e. The van der Waals surface area contributed by atoms with Crippen molar-refractivity contribution in [3.63, 3.8) is 0 Å². The molecule has 6 nitrogen and oxygen atoms in total. The molecule has 2 N–H and O–H groups in total. The summed E-state index contributed by atoms with van der Waals surface area (Å²) in [5.74, 6) is 1.25. The Morgan fingerprint density at radius 3 is 2.68 bits per heavy atom. The molecule has 0 saturated carbocycles. The Morgan fingerprint density at radius 1 is 1.16 bits per heavy atom. The number of H-pyrrole nitrogens is 1. The van der Waals surface area contributed by atoms with Crippen LogP contribution in [0.3, 0.4) is 0 Å². The predicted octanol–water partition coefficient (Wildman–Crippen LogP) is 1.83. The fourth-order valence-corrected chi connectivity index (χ4v) is 2.56. The fourth-order valence-electron chi connectivity index (χ4n) is 2.56. The summed E-state index contributed by atoms with van der Waals surface area (Å²) < 4.78 is 5.09. The van der Waals surface area contributed by atoms with Crippen LogP contribution >= 0.6 is 0 Å². The molecule has 1 heterocycles. The van der Waals surface area contributed by atoms with E-state index in [9.17, 15) is 9.59 Å². The lowest BCUT2D eigenvalue weighted by molar-refractivity contribution is -0.120. The van der Waals surface area contributed by atoms with Gasteiger partial charge in [0.05, 0.1) is 24.4 Å². The number of aromatic amines is 1. The Balaban J connectivity index is 1.55. The minimum Gasteiger partial charge on any atom is -0.497 e. The van der Waals surface area contributed by atoms with Crippen molar-refractivity contribution in [3.05, 3.63) is 70.3 Å². The maximum atomic E-state index is 12.0. The minimum atomic E-state index is -0.162. The Morgan fingerprint density at radius 2 is 1.92 bits per heavy atom. The van der Waals surface area contributed by atoms with Crippen molar-refractivity contribution < 1.29 is 9.53 Å². The highest BCUT2D eigenvalue weighted by Gasteiger charge is 2.06. The van der Waals surface area contributed by atoms with Crippen LogP contribution in [0.5, 0.6) is 5.75 Å². The van der Waals surface area contributed by atoms with E-state index < -0.39 is 0 Å². The number of hydrogen-bond donors (Lipinski definition) is 2. The molecule has 0 bridgehead atoms. The molecule has 0 saturated heterocycles. The molecular formula is C19H19N3O3. The molecule has 0 aliphatic heterocycles. The first-order valence-corrected chi connectivity index (χ1v) is 8.03. The molecule has 0 atom stereocenters. The average molecular weight is 337 g/mol. The molecule has 0 spiro atoms. The number of ether oxygens (including phenoxy) is 1. The van der Waals surface area contributed by atoms with Crippen LogP contribution in [0.2, 0.25) is 0 Å². The molecule has 25 heavy (non-hydrogen) atoms. The van der Waals surface area contributed by atoms with Gasteiger partial charge in [0.15, 0.2) is 0 Å². The number of nitrogens with zero attached hydrogens (tertiary/aromatic N) is 1. The third-order valence-corrected chi connectivity index (χ3v) is 3.87. The number of benzene rings is 2. The van der Waals surface area contributed by atoms with Crippen molar-refractivity contribution in [2.24, 2.45) is 0 Å². The van der Waals surface area contributed by atoms with E-state index in [-0.39, 0.29) is 11.5 Å². The van der Waals surface area contributed by atoms with E-state index in [0.717, 1.165) is 11.3 Å². The van der Waals surface area contributed by atoms with Crippen LogP contribution in [0.1, 0.15) is 11.4 Å². The van der Waals surface area contributed by atoms with E-state index in [1.165, 1.54) is 0 Å². The lowest BCUT2D eigenvalue weighted by atomic mass is 10.1. The van der Waals surface area contributed by atoms with Gasteiger partial charge < -0.3 is 15.0 Å². The molecule has 0 radical (unpaired) electrons. The third-order valence-electron chi connectivity index (χ3n) is 3.87. The highest BCUT2D eigenvalue weighted by Crippen LogP contribution is 2.11. The summed E-state index contributed by atoms with van der Waals surface area (Å²) >= 11 is 0. The smallest absolute Gasteiger partial charge is 0.258 e. The molecule has 1 aromatic heterocycles. The number of rotatable bonds is 6. The first-order valence-electron chi connectivity index (χ1n) is 8.03. The van der Waals surface area contributed by atoms with Crippen molar-refractivity contribution in [1.82, 2.24) is 15.3 Å². The van der Waals surface area contributed by atoms with E-state index >= 15 is 0 Å². The Kier molecular flexibility index (Phi) is 5.09. The number of hydrogen-bond acceptors (Lipinski definition) is 4. The van der Waals surface area contributed by atoms with Gasteiger partial charge in [-0.15, -0.1) is 0 Å². The van der Waals surface area contributed by atoms with Crippen molar-refractivity contribution in [3.8, 4) is 5.75 Å². The summed E-state index contributed by atoms with van der Waals surface area (Å²) in [5, 5.41) is 3.41. The number of nitrogens with one attached hydrogen (secondary N) is 2. The normalized spacial score (nSPS) is 10.6. The SMILES string of the molecule is COc1ccc(CC(=O)NCCc2nc3ccccc3c(=O)[nH]2)cc1. The molecule has 0 aliphatic carbocycles. The van der Waals surface area contributed by atoms with Gasteiger partial charge in [-0.3, -0.25) is 9.59 Å². The average Bonchev–Trinajstić information content (AvgIpc) is 2.62. The number of carbonyl (C=O) groups excluding carboxylic acids is 1. The number of para-hydroxylation sites is 1. The van der Waals surface area contributed by atoms with E-state index in [4.69, 9.17) is 4.74 Å². The Hall–Kier alpha value is -3.15. The van der Waals surface area contributed by atoms with Crippen LogP contribution in [-0.2, 0) is 17.6 Å². The fraction of sp³-hybridized carbons (Fsp3) is 0.211. The van der Waals surface area contributed by atoms with Gasteiger partial charge in [-0.05, 0) is 29.8 Å². The lowest BCUT2D eigenvalue weighted by Crippen LogP contribution is -2.28. The molecule has 1 amide bonds. The van der Waals surface area contributed by atoms with Crippen molar-refractivity contribution in [2.75, 3.05) is 13.7 Å². The molecule has 3 aromatic rings. The number of amides is 1. The number of aromatic nitrogens is 2. The minimum absolute atomic E-state index is 0.0756. The zero-order valence-electron chi connectivity index (χ0n) is 13.9. The second-order valence-electron chi connectivity index (χ2n) is 5.65. The van der Waals surface area contributed by atoms with Gasteiger partial charge in [-0.25, -0.2) is 4.98 Å². The molecular weight excluding hydrogens is 318 g/mol. The second kappa shape index (κ2) is 7.61. The quantitative estimate of drug-likeness (QED) is 0.719. The first kappa shape index (κ1) is 16.7. The third kappa shape index (κ3) is 4.23. The summed E-state index contributed by atoms with van der Waals surface area (Å²) in [6, 6.07) is 14.6. The standard InChI is InChI=1S/C19H19N3O3/c1-25-14-8-6-13(7-9-14)12-18(23)20-11-10-17-21-16-5-3-2-4-15(16)19(24)22-17/h2-9H,10-12H2,1H3,(H,20,23)(H,21,22,24). The van der Waals surface area contributed by atoms with E-state index in [0.29, 0.717) is 36.1 Å². The zero-order chi connectivity index (χ0) is 17.6. The largest absolute Gasteiger partial charge is 0.497 e. The summed E-state index contributed by atoms with van der Waals surface area (Å²) in [7, 11) is 1.60. The van der Waals surface area contributed by atoms with Crippen LogP contribution < -0.4 is 15.6 Å². The van der Waals surface area contributed by atoms with Crippen molar-refractivity contribution in [1.29, 1.82) is 0 Å². The first-order chi connectivity index (χ1) is 12.2. The molecule has 0 fully saturated rings. The van der Waals surface area contributed by atoms with Gasteiger partial charge in [0.2, 0.25) is 5.91 Å². The lowest BCUT2D eigenvalue weighted by Gasteiger charge is -2.06. The summed E-state index contributed by atoms with van der Waals surface area (Å²) in [6.45, 7) is 0.413. The predicted molar refractivity (Wildman–Crippen MR) is 95.8 cm³/mol. The number of carbonyl (C=O) groups is 1. The van der Waals surface area contributed by atoms with Gasteiger partial charge in [0.25, 0.3) is 5.56 Å². The molecule has 0 aliphatic rings.